The largest absolute Gasteiger partial charge is 0.469 e. The van der Waals surface area contributed by atoms with Crippen molar-refractivity contribution < 1.29 is 37.9 Å². The molecule has 324 valence electrons. The maximum Gasteiger partial charge on any atom is 0.469 e. The van der Waals surface area contributed by atoms with Gasteiger partial charge in [0.15, 0.2) is 6.10 Å². The highest BCUT2D eigenvalue weighted by Gasteiger charge is 2.22. The topological polar surface area (TPSA) is 119 Å². The molecule has 0 aromatic carbocycles. The van der Waals surface area contributed by atoms with Crippen LogP contribution in [0.5, 0.6) is 0 Å². The van der Waals surface area contributed by atoms with E-state index < -0.39 is 32.5 Å². The molecule has 0 spiro atoms. The van der Waals surface area contributed by atoms with Gasteiger partial charge in [-0.15, -0.1) is 0 Å². The standard InChI is InChI=1S/C47H83O8P/c1-3-5-7-9-11-13-15-17-19-21-22-23-24-26-27-29-31-33-35-37-39-41-46(48)53-43-45(44-54-56(50,51)52)55-47(49)42-40-38-36-34-32-30-28-25-20-18-16-14-12-10-8-6-4-2/h6,8,12,14,18,20-22,28,30,45H,3-5,7,9-11,13,15-17,19,23-27,29,31-44H2,1-2H3,(H2,50,51,52)/b8-6-,14-12-,20-18-,22-21-,30-28-. The van der Waals surface area contributed by atoms with Crippen molar-refractivity contribution in [2.75, 3.05) is 13.2 Å². The lowest BCUT2D eigenvalue weighted by molar-refractivity contribution is -0.161. The second-order valence-corrected chi connectivity index (χ2v) is 16.2. The number of allylic oxidation sites excluding steroid dienone is 10. The zero-order valence-electron chi connectivity index (χ0n) is 35.8. The number of unbranched alkanes of at least 4 members (excludes halogenated alkanes) is 21. The number of phosphoric ester groups is 1. The van der Waals surface area contributed by atoms with Crippen molar-refractivity contribution in [1.82, 2.24) is 0 Å². The van der Waals surface area contributed by atoms with Gasteiger partial charge in [-0.05, 0) is 77.0 Å². The average Bonchev–Trinajstić information content (AvgIpc) is 3.17. The number of esters is 2. The Balaban J connectivity index is 3.91. The molecule has 0 aromatic rings. The molecule has 1 unspecified atom stereocenters. The molecular weight excluding hydrogens is 723 g/mol. The maximum atomic E-state index is 12.4. The minimum atomic E-state index is -4.77. The molecule has 0 aromatic heterocycles. The molecule has 2 N–H and O–H groups in total. The van der Waals surface area contributed by atoms with Gasteiger partial charge < -0.3 is 19.3 Å². The fraction of sp³-hybridized carbons (Fsp3) is 0.745. The van der Waals surface area contributed by atoms with E-state index in [4.69, 9.17) is 19.3 Å². The fourth-order valence-corrected chi connectivity index (χ4v) is 6.54. The lowest BCUT2D eigenvalue weighted by Gasteiger charge is -2.18. The average molecular weight is 807 g/mol. The van der Waals surface area contributed by atoms with Crippen molar-refractivity contribution in [2.24, 2.45) is 0 Å². The lowest BCUT2D eigenvalue weighted by atomic mass is 10.1. The molecule has 0 bridgehead atoms. The number of carbonyl (C=O) groups is 2. The van der Waals surface area contributed by atoms with Crippen LogP contribution in [0.15, 0.2) is 60.8 Å². The summed E-state index contributed by atoms with van der Waals surface area (Å²) in [4.78, 5) is 42.9. The van der Waals surface area contributed by atoms with Gasteiger partial charge in [-0.2, -0.15) is 0 Å². The number of phosphoric acid groups is 1. The summed E-state index contributed by atoms with van der Waals surface area (Å²) in [6.07, 6.45) is 53.7. The van der Waals surface area contributed by atoms with Crippen LogP contribution in [0.1, 0.15) is 206 Å². The van der Waals surface area contributed by atoms with E-state index in [0.717, 1.165) is 77.0 Å². The van der Waals surface area contributed by atoms with Gasteiger partial charge in [0.1, 0.15) is 6.61 Å². The highest BCUT2D eigenvalue weighted by molar-refractivity contribution is 7.46. The number of hydrogen-bond acceptors (Lipinski definition) is 6. The Morgan fingerprint density at radius 1 is 0.482 bits per heavy atom. The van der Waals surface area contributed by atoms with Crippen LogP contribution in [-0.4, -0.2) is 41.0 Å². The van der Waals surface area contributed by atoms with Crippen molar-refractivity contribution in [3.05, 3.63) is 60.8 Å². The van der Waals surface area contributed by atoms with Crippen LogP contribution in [0.2, 0.25) is 0 Å². The highest BCUT2D eigenvalue weighted by Crippen LogP contribution is 2.36. The van der Waals surface area contributed by atoms with E-state index in [1.165, 1.54) is 96.3 Å². The third-order valence-corrected chi connectivity index (χ3v) is 10.0. The van der Waals surface area contributed by atoms with Gasteiger partial charge >= 0.3 is 19.8 Å². The van der Waals surface area contributed by atoms with Crippen LogP contribution in [-0.2, 0) is 28.2 Å². The molecule has 0 aliphatic heterocycles. The minimum Gasteiger partial charge on any atom is -0.462 e. The summed E-state index contributed by atoms with van der Waals surface area (Å²) in [7, 11) is -4.77. The molecule has 0 aliphatic rings. The third-order valence-electron chi connectivity index (χ3n) is 9.52. The predicted molar refractivity (Wildman–Crippen MR) is 234 cm³/mol. The third kappa shape index (κ3) is 44.5. The highest BCUT2D eigenvalue weighted by atomic mass is 31.2. The van der Waals surface area contributed by atoms with Crippen molar-refractivity contribution in [3.8, 4) is 0 Å². The maximum absolute atomic E-state index is 12.4. The van der Waals surface area contributed by atoms with Gasteiger partial charge in [-0.25, -0.2) is 4.57 Å². The molecule has 9 heteroatoms. The van der Waals surface area contributed by atoms with Gasteiger partial charge in [-0.1, -0.05) is 177 Å². The van der Waals surface area contributed by atoms with E-state index in [1.54, 1.807) is 0 Å². The van der Waals surface area contributed by atoms with Crippen LogP contribution in [0.4, 0.5) is 0 Å². The molecule has 0 fully saturated rings. The summed E-state index contributed by atoms with van der Waals surface area (Å²) in [5.74, 6) is -0.914. The van der Waals surface area contributed by atoms with Crippen molar-refractivity contribution in [3.63, 3.8) is 0 Å². The van der Waals surface area contributed by atoms with Crippen molar-refractivity contribution in [1.29, 1.82) is 0 Å². The Morgan fingerprint density at radius 3 is 1.30 bits per heavy atom. The molecule has 0 rings (SSSR count). The predicted octanol–water partition coefficient (Wildman–Crippen LogP) is 14.1. The molecule has 56 heavy (non-hydrogen) atoms. The molecule has 1 atom stereocenters. The monoisotopic (exact) mass is 807 g/mol. The van der Waals surface area contributed by atoms with Gasteiger partial charge in [0.25, 0.3) is 0 Å². The van der Waals surface area contributed by atoms with Crippen LogP contribution in [0.3, 0.4) is 0 Å². The molecule has 0 amide bonds. The zero-order valence-corrected chi connectivity index (χ0v) is 36.7. The van der Waals surface area contributed by atoms with E-state index in [9.17, 15) is 14.2 Å². The Bertz CT molecular complexity index is 1090. The first-order chi connectivity index (χ1) is 27.3. The first-order valence-corrected chi connectivity index (χ1v) is 24.1. The van der Waals surface area contributed by atoms with Crippen LogP contribution in [0, 0.1) is 0 Å². The molecule has 0 saturated carbocycles. The van der Waals surface area contributed by atoms with Gasteiger partial charge in [-0.3, -0.25) is 14.1 Å². The van der Waals surface area contributed by atoms with Crippen LogP contribution >= 0.6 is 7.82 Å². The van der Waals surface area contributed by atoms with E-state index in [0.29, 0.717) is 6.42 Å². The van der Waals surface area contributed by atoms with Crippen LogP contribution < -0.4 is 0 Å². The zero-order chi connectivity index (χ0) is 41.1. The molecule has 0 radical (unpaired) electrons. The molecular formula is C47H83O8P. The quantitative estimate of drug-likeness (QED) is 0.0271. The number of ether oxygens (including phenoxy) is 2. The van der Waals surface area contributed by atoms with Crippen LogP contribution in [0.25, 0.3) is 0 Å². The smallest absolute Gasteiger partial charge is 0.462 e. The number of hydrogen-bond donors (Lipinski definition) is 2. The summed E-state index contributed by atoms with van der Waals surface area (Å²) in [6, 6.07) is 0. The second-order valence-electron chi connectivity index (χ2n) is 15.0. The molecule has 0 aliphatic carbocycles. The number of rotatable bonds is 41. The summed E-state index contributed by atoms with van der Waals surface area (Å²) in [5.41, 5.74) is 0. The van der Waals surface area contributed by atoms with Gasteiger partial charge in [0.2, 0.25) is 0 Å². The fourth-order valence-electron chi connectivity index (χ4n) is 6.18. The first-order valence-electron chi connectivity index (χ1n) is 22.6. The summed E-state index contributed by atoms with van der Waals surface area (Å²) >= 11 is 0. The normalized spacial score (nSPS) is 13.0. The van der Waals surface area contributed by atoms with E-state index in [-0.39, 0.29) is 19.4 Å². The first kappa shape index (κ1) is 53.8. The second kappa shape index (κ2) is 42.4. The summed E-state index contributed by atoms with van der Waals surface area (Å²) in [6.45, 7) is 3.56. The summed E-state index contributed by atoms with van der Waals surface area (Å²) < 4.78 is 26.4. The van der Waals surface area contributed by atoms with E-state index in [2.05, 4.69) is 79.1 Å². The summed E-state index contributed by atoms with van der Waals surface area (Å²) in [5, 5.41) is 0. The Kier molecular flexibility index (Phi) is 40.7. The minimum absolute atomic E-state index is 0.182. The molecule has 0 saturated heterocycles. The van der Waals surface area contributed by atoms with Crippen molar-refractivity contribution >= 4 is 19.8 Å². The Labute approximate surface area is 343 Å². The van der Waals surface area contributed by atoms with E-state index in [1.807, 2.05) is 0 Å². The van der Waals surface area contributed by atoms with Gasteiger partial charge in [0.05, 0.1) is 6.61 Å². The Hall–Kier alpha value is -2.25. The molecule has 0 heterocycles. The lowest BCUT2D eigenvalue weighted by Crippen LogP contribution is -2.29. The van der Waals surface area contributed by atoms with E-state index >= 15 is 0 Å². The van der Waals surface area contributed by atoms with Gasteiger partial charge in [0, 0.05) is 12.8 Å². The molecule has 8 nitrogen and oxygen atoms in total. The Morgan fingerprint density at radius 2 is 0.857 bits per heavy atom. The SMILES string of the molecule is CC/C=C\C/C=C\C/C=C\C/C=C\CCCCCCC(=O)OC(COC(=O)CCCCCCCCCCC/C=C\CCCCCCCCCC)COP(=O)(O)O. The van der Waals surface area contributed by atoms with Crippen molar-refractivity contribution in [2.45, 2.75) is 213 Å². The number of carbonyl (C=O) groups excluding carboxylic acids is 2.